The van der Waals surface area contributed by atoms with E-state index in [1.54, 1.807) is 41.3 Å². The molecule has 0 bridgehead atoms. The number of nitrogens with one attached hydrogen (secondary N) is 3. The minimum absolute atomic E-state index is 0.108. The van der Waals surface area contributed by atoms with Gasteiger partial charge in [0.05, 0.1) is 22.8 Å². The first-order valence-electron chi connectivity index (χ1n) is 9.84. The predicted molar refractivity (Wildman–Crippen MR) is 124 cm³/mol. The Hall–Kier alpha value is -3.91. The van der Waals surface area contributed by atoms with Crippen molar-refractivity contribution in [2.75, 3.05) is 28.7 Å². The van der Waals surface area contributed by atoms with E-state index in [0.29, 0.717) is 35.1 Å². The first-order valence-corrected chi connectivity index (χ1v) is 10.2. The van der Waals surface area contributed by atoms with Crippen LogP contribution in [0.4, 0.5) is 17.1 Å². The van der Waals surface area contributed by atoms with E-state index in [2.05, 4.69) is 15.6 Å². The molecular weight excluding hydrogens is 430 g/mol. The van der Waals surface area contributed by atoms with Crippen LogP contribution in [-0.2, 0) is 4.74 Å². The summed E-state index contributed by atoms with van der Waals surface area (Å²) in [5.74, 6) is -0.810. The number of rotatable bonds is 5. The molecule has 3 aromatic rings. The van der Waals surface area contributed by atoms with Crippen molar-refractivity contribution in [3.63, 3.8) is 0 Å². The Kier molecular flexibility index (Phi) is 6.04. The molecule has 1 fully saturated rings. The van der Waals surface area contributed by atoms with Gasteiger partial charge in [-0.3, -0.25) is 19.9 Å². The highest BCUT2D eigenvalue weighted by atomic mass is 35.5. The normalized spacial score (nSPS) is 12.9. The molecule has 1 aliphatic heterocycles. The number of hydrogen-bond donors (Lipinski definition) is 3. The van der Waals surface area contributed by atoms with E-state index < -0.39 is 5.91 Å². The number of aryl methyl sites for hydroxylation is 1. The average Bonchev–Trinajstić information content (AvgIpc) is 3.20. The Morgan fingerprint density at radius 3 is 2.50 bits per heavy atom. The molecule has 0 aliphatic carbocycles. The van der Waals surface area contributed by atoms with Gasteiger partial charge in [-0.05, 0) is 61.0 Å². The first kappa shape index (κ1) is 21.3. The molecule has 1 saturated heterocycles. The van der Waals surface area contributed by atoms with Crippen molar-refractivity contribution >= 4 is 46.5 Å². The molecule has 0 saturated carbocycles. The van der Waals surface area contributed by atoms with Crippen LogP contribution < -0.4 is 15.5 Å². The fourth-order valence-electron chi connectivity index (χ4n) is 3.24. The minimum atomic E-state index is -0.444. The molecule has 8 nitrogen and oxygen atoms in total. The third kappa shape index (κ3) is 4.70. The fourth-order valence-corrected chi connectivity index (χ4v) is 3.35. The number of benzene rings is 2. The summed E-state index contributed by atoms with van der Waals surface area (Å²) in [6, 6.07) is 15.5. The van der Waals surface area contributed by atoms with Gasteiger partial charge in [-0.1, -0.05) is 17.7 Å². The minimum Gasteiger partial charge on any atom is -0.463 e. The Balaban J connectivity index is 1.50. The molecule has 0 unspecified atom stereocenters. The number of hydrogen-bond acceptors (Lipinski definition) is 5. The summed E-state index contributed by atoms with van der Waals surface area (Å²) in [5.41, 5.74) is 3.17. The van der Waals surface area contributed by atoms with Gasteiger partial charge < -0.3 is 15.4 Å². The summed E-state index contributed by atoms with van der Waals surface area (Å²) in [6.45, 7) is 2.96. The largest absolute Gasteiger partial charge is 0.463 e. The fraction of sp³-hybridized carbons (Fsp3) is 0.130. The SMILES string of the molecule is Cc1ccc(C(=O)Nc2ccc(N3CCOC3=N)cc2)c(NC(=O)c2ccc(Cl)cn2)c1. The highest BCUT2D eigenvalue weighted by molar-refractivity contribution is 6.30. The maximum Gasteiger partial charge on any atom is 0.289 e. The van der Waals surface area contributed by atoms with Crippen molar-refractivity contribution in [2.24, 2.45) is 0 Å². The number of amides is 2. The number of aromatic nitrogens is 1. The molecule has 1 aromatic heterocycles. The van der Waals surface area contributed by atoms with Gasteiger partial charge in [0.25, 0.3) is 17.8 Å². The van der Waals surface area contributed by atoms with Crippen LogP contribution in [-0.4, -0.2) is 36.0 Å². The van der Waals surface area contributed by atoms with Gasteiger partial charge >= 0.3 is 0 Å². The van der Waals surface area contributed by atoms with Crippen LogP contribution >= 0.6 is 11.6 Å². The van der Waals surface area contributed by atoms with Crippen LogP contribution in [0.5, 0.6) is 0 Å². The van der Waals surface area contributed by atoms with Crippen molar-refractivity contribution in [2.45, 2.75) is 6.92 Å². The number of amidine groups is 1. The summed E-state index contributed by atoms with van der Waals surface area (Å²) in [4.78, 5) is 31.3. The van der Waals surface area contributed by atoms with E-state index in [1.807, 2.05) is 19.1 Å². The number of pyridine rings is 1. The summed E-state index contributed by atoms with van der Waals surface area (Å²) < 4.78 is 5.16. The molecule has 1 aliphatic rings. The smallest absolute Gasteiger partial charge is 0.289 e. The number of anilines is 3. The molecule has 9 heteroatoms. The molecule has 162 valence electrons. The van der Waals surface area contributed by atoms with E-state index in [9.17, 15) is 9.59 Å². The number of ether oxygens (including phenoxy) is 1. The van der Waals surface area contributed by atoms with Crippen LogP contribution in [0, 0.1) is 12.3 Å². The number of halogens is 1. The van der Waals surface area contributed by atoms with Crippen molar-refractivity contribution < 1.29 is 14.3 Å². The van der Waals surface area contributed by atoms with Gasteiger partial charge in [0.1, 0.15) is 12.3 Å². The first-order chi connectivity index (χ1) is 15.4. The summed E-state index contributed by atoms with van der Waals surface area (Å²) in [7, 11) is 0. The Labute approximate surface area is 189 Å². The van der Waals surface area contributed by atoms with Crippen molar-refractivity contribution in [3.05, 3.63) is 82.6 Å². The Morgan fingerprint density at radius 2 is 1.84 bits per heavy atom. The molecule has 0 spiro atoms. The van der Waals surface area contributed by atoms with Gasteiger partial charge in [0.15, 0.2) is 0 Å². The lowest BCUT2D eigenvalue weighted by Gasteiger charge is -2.16. The zero-order valence-corrected chi connectivity index (χ0v) is 17.9. The third-order valence-electron chi connectivity index (χ3n) is 4.86. The second-order valence-electron chi connectivity index (χ2n) is 7.17. The molecule has 0 atom stereocenters. The Morgan fingerprint density at radius 1 is 1.06 bits per heavy atom. The molecule has 2 amide bonds. The molecule has 3 N–H and O–H groups in total. The lowest BCUT2D eigenvalue weighted by Crippen LogP contribution is -2.23. The number of nitrogens with zero attached hydrogens (tertiary/aromatic N) is 2. The molecule has 32 heavy (non-hydrogen) atoms. The van der Waals surface area contributed by atoms with Crippen LogP contribution in [0.3, 0.4) is 0 Å². The van der Waals surface area contributed by atoms with Gasteiger partial charge in [-0.2, -0.15) is 0 Å². The van der Waals surface area contributed by atoms with Gasteiger partial charge in [-0.15, -0.1) is 0 Å². The quantitative estimate of drug-likeness (QED) is 0.537. The molecule has 2 heterocycles. The van der Waals surface area contributed by atoms with Crippen LogP contribution in [0.15, 0.2) is 60.8 Å². The molecule has 0 radical (unpaired) electrons. The van der Waals surface area contributed by atoms with Crippen molar-refractivity contribution in [1.82, 2.24) is 4.98 Å². The predicted octanol–water partition coefficient (Wildman–Crippen LogP) is 4.32. The lowest BCUT2D eigenvalue weighted by atomic mass is 10.1. The van der Waals surface area contributed by atoms with Gasteiger partial charge in [0, 0.05) is 17.6 Å². The monoisotopic (exact) mass is 449 g/mol. The van der Waals surface area contributed by atoms with E-state index in [0.717, 1.165) is 11.3 Å². The highest BCUT2D eigenvalue weighted by Gasteiger charge is 2.20. The standard InChI is InChI=1S/C23H20ClN5O3/c1-14-2-8-18(20(12-14)28-22(31)19-9-3-15(24)13-26-19)21(30)27-16-4-6-17(7-5-16)29-10-11-32-23(29)25/h2-9,12-13,25H,10-11H2,1H3,(H,27,30)(H,28,31). The lowest BCUT2D eigenvalue weighted by molar-refractivity contribution is 0.102. The number of carbonyl (C=O) groups excluding carboxylic acids is 2. The molecular formula is C23H20ClN5O3. The molecule has 2 aromatic carbocycles. The van der Waals surface area contributed by atoms with Gasteiger partial charge in [-0.25, -0.2) is 4.98 Å². The van der Waals surface area contributed by atoms with Crippen molar-refractivity contribution in [3.8, 4) is 0 Å². The third-order valence-corrected chi connectivity index (χ3v) is 5.09. The van der Waals surface area contributed by atoms with E-state index in [-0.39, 0.29) is 17.6 Å². The van der Waals surface area contributed by atoms with Crippen LogP contribution in [0.1, 0.15) is 26.4 Å². The van der Waals surface area contributed by atoms with E-state index >= 15 is 0 Å². The summed E-state index contributed by atoms with van der Waals surface area (Å²) >= 11 is 5.83. The Bertz CT molecular complexity index is 1180. The van der Waals surface area contributed by atoms with Crippen LogP contribution in [0.25, 0.3) is 0 Å². The topological polar surface area (TPSA) is 107 Å². The van der Waals surface area contributed by atoms with Gasteiger partial charge in [0.2, 0.25) is 0 Å². The summed E-state index contributed by atoms with van der Waals surface area (Å²) in [6.07, 6.45) is 1.39. The highest BCUT2D eigenvalue weighted by Crippen LogP contribution is 2.23. The summed E-state index contributed by atoms with van der Waals surface area (Å²) in [5, 5.41) is 13.8. The zero-order chi connectivity index (χ0) is 22.7. The number of carbonyl (C=O) groups is 2. The second kappa shape index (κ2) is 9.07. The second-order valence-corrected chi connectivity index (χ2v) is 7.61. The maximum absolute atomic E-state index is 12.9. The van der Waals surface area contributed by atoms with Crippen LogP contribution in [0.2, 0.25) is 5.02 Å². The van der Waals surface area contributed by atoms with E-state index in [4.69, 9.17) is 21.7 Å². The van der Waals surface area contributed by atoms with Crippen molar-refractivity contribution in [1.29, 1.82) is 5.41 Å². The van der Waals surface area contributed by atoms with E-state index in [1.165, 1.54) is 12.3 Å². The average molecular weight is 450 g/mol. The molecule has 4 rings (SSSR count). The zero-order valence-electron chi connectivity index (χ0n) is 17.2. The maximum atomic E-state index is 12.9.